The van der Waals surface area contributed by atoms with Crippen LogP contribution >= 0.6 is 62.5 Å². The fraction of sp³-hybridized carbons (Fsp3) is 0.150. The molecule has 0 bridgehead atoms. The summed E-state index contributed by atoms with van der Waals surface area (Å²) in [5.74, 6) is 0.193. The Morgan fingerprint density at radius 3 is 2.73 bits per heavy atom. The molecule has 1 aliphatic rings. The standard InChI is InChI=1S/C20H15BrINO5S2/c1-26-15-7-11(6-14(22)18(15)28-10-17(24)27-2)8-16-19(25)23(20(29)30-16)13-5-3-4-12(21)9-13/h3-9H,10H2,1-2H3/b16-8-. The summed E-state index contributed by atoms with van der Waals surface area (Å²) in [5.41, 5.74) is 1.45. The van der Waals surface area contributed by atoms with Gasteiger partial charge in [-0.3, -0.25) is 9.69 Å². The number of esters is 1. The summed E-state index contributed by atoms with van der Waals surface area (Å²) >= 11 is 12.2. The highest BCUT2D eigenvalue weighted by Crippen LogP contribution is 2.39. The summed E-state index contributed by atoms with van der Waals surface area (Å²) in [4.78, 5) is 26.3. The van der Waals surface area contributed by atoms with Gasteiger partial charge in [0.2, 0.25) is 0 Å². The summed E-state index contributed by atoms with van der Waals surface area (Å²) < 4.78 is 17.6. The average Bonchev–Trinajstić information content (AvgIpc) is 2.99. The van der Waals surface area contributed by atoms with E-state index in [4.69, 9.17) is 21.7 Å². The van der Waals surface area contributed by atoms with E-state index in [9.17, 15) is 9.59 Å². The summed E-state index contributed by atoms with van der Waals surface area (Å²) in [6.45, 7) is -0.229. The van der Waals surface area contributed by atoms with Crippen molar-refractivity contribution in [1.82, 2.24) is 0 Å². The maximum absolute atomic E-state index is 13.0. The van der Waals surface area contributed by atoms with Crippen molar-refractivity contribution in [3.63, 3.8) is 0 Å². The number of carbonyl (C=O) groups excluding carboxylic acids is 2. The lowest BCUT2D eigenvalue weighted by atomic mass is 10.1. The van der Waals surface area contributed by atoms with Gasteiger partial charge >= 0.3 is 5.97 Å². The third kappa shape index (κ3) is 5.16. The molecule has 0 unspecified atom stereocenters. The van der Waals surface area contributed by atoms with Crippen molar-refractivity contribution in [2.45, 2.75) is 0 Å². The number of carbonyl (C=O) groups is 2. The van der Waals surface area contributed by atoms with E-state index in [1.54, 1.807) is 12.1 Å². The lowest BCUT2D eigenvalue weighted by molar-refractivity contribution is -0.142. The van der Waals surface area contributed by atoms with Crippen LogP contribution in [0.25, 0.3) is 6.08 Å². The molecule has 0 atom stereocenters. The molecular weight excluding hydrogens is 605 g/mol. The van der Waals surface area contributed by atoms with Crippen LogP contribution in [0.1, 0.15) is 5.56 Å². The summed E-state index contributed by atoms with van der Waals surface area (Å²) in [6, 6.07) is 11.0. The lowest BCUT2D eigenvalue weighted by Gasteiger charge is -2.14. The van der Waals surface area contributed by atoms with Crippen LogP contribution in [0, 0.1) is 3.57 Å². The van der Waals surface area contributed by atoms with Crippen LogP contribution in [0.2, 0.25) is 0 Å². The van der Waals surface area contributed by atoms with E-state index in [0.29, 0.717) is 26.4 Å². The molecule has 0 aromatic heterocycles. The van der Waals surface area contributed by atoms with Crippen LogP contribution in [-0.2, 0) is 14.3 Å². The number of rotatable bonds is 6. The fourth-order valence-electron chi connectivity index (χ4n) is 2.61. The first-order chi connectivity index (χ1) is 14.3. The smallest absolute Gasteiger partial charge is 0.343 e. The van der Waals surface area contributed by atoms with Gasteiger partial charge in [-0.1, -0.05) is 46.0 Å². The minimum Gasteiger partial charge on any atom is -0.493 e. The van der Waals surface area contributed by atoms with Crippen molar-refractivity contribution in [1.29, 1.82) is 0 Å². The van der Waals surface area contributed by atoms with Gasteiger partial charge in [-0.15, -0.1) is 0 Å². The Labute approximate surface area is 205 Å². The van der Waals surface area contributed by atoms with Crippen LogP contribution in [0.3, 0.4) is 0 Å². The monoisotopic (exact) mass is 619 g/mol. The first-order valence-corrected chi connectivity index (χ1v) is 11.5. The minimum absolute atomic E-state index is 0.192. The Kier molecular flexibility index (Phi) is 7.77. The molecule has 0 saturated carbocycles. The average molecular weight is 620 g/mol. The highest BCUT2D eigenvalue weighted by atomic mass is 127. The van der Waals surface area contributed by atoms with E-state index < -0.39 is 5.97 Å². The summed E-state index contributed by atoms with van der Waals surface area (Å²) in [5, 5.41) is 0. The molecule has 156 valence electrons. The molecule has 1 saturated heterocycles. The third-order valence-electron chi connectivity index (χ3n) is 3.97. The van der Waals surface area contributed by atoms with Gasteiger partial charge in [0, 0.05) is 4.47 Å². The van der Waals surface area contributed by atoms with Gasteiger partial charge in [-0.2, -0.15) is 0 Å². The zero-order valence-corrected chi connectivity index (χ0v) is 21.2. The van der Waals surface area contributed by atoms with Crippen LogP contribution < -0.4 is 14.4 Å². The van der Waals surface area contributed by atoms with Gasteiger partial charge in [0.15, 0.2) is 22.4 Å². The van der Waals surface area contributed by atoms with Gasteiger partial charge in [-0.25, -0.2) is 4.79 Å². The second kappa shape index (κ2) is 10.1. The number of hydrogen-bond acceptors (Lipinski definition) is 7. The van der Waals surface area contributed by atoms with Crippen LogP contribution in [0.4, 0.5) is 5.69 Å². The van der Waals surface area contributed by atoms with E-state index in [-0.39, 0.29) is 12.5 Å². The number of thiocarbonyl (C=S) groups is 1. The van der Waals surface area contributed by atoms with Crippen molar-refractivity contribution in [2.75, 3.05) is 25.7 Å². The number of hydrogen-bond donors (Lipinski definition) is 0. The van der Waals surface area contributed by atoms with Crippen molar-refractivity contribution < 1.29 is 23.8 Å². The highest BCUT2D eigenvalue weighted by molar-refractivity contribution is 14.1. The van der Waals surface area contributed by atoms with E-state index in [1.807, 2.05) is 30.3 Å². The molecule has 2 aromatic rings. The van der Waals surface area contributed by atoms with Crippen molar-refractivity contribution in [3.8, 4) is 11.5 Å². The molecule has 2 aromatic carbocycles. The van der Waals surface area contributed by atoms with Crippen LogP contribution in [-0.4, -0.2) is 37.0 Å². The Hall–Kier alpha value is -1.63. The minimum atomic E-state index is -0.492. The second-order valence-corrected chi connectivity index (χ2v) is 9.65. The van der Waals surface area contributed by atoms with Crippen LogP contribution in [0.15, 0.2) is 45.8 Å². The maximum atomic E-state index is 13.0. The molecule has 1 aliphatic heterocycles. The molecule has 1 heterocycles. The first-order valence-electron chi connectivity index (χ1n) is 8.44. The number of thioether (sulfide) groups is 1. The molecule has 0 aliphatic carbocycles. The molecule has 0 radical (unpaired) electrons. The van der Waals surface area contributed by atoms with Crippen molar-refractivity contribution >= 4 is 90.5 Å². The molecule has 1 amide bonds. The molecule has 1 fully saturated rings. The number of ether oxygens (including phenoxy) is 3. The maximum Gasteiger partial charge on any atom is 0.343 e. The lowest BCUT2D eigenvalue weighted by Crippen LogP contribution is -2.27. The number of anilines is 1. The number of nitrogens with zero attached hydrogens (tertiary/aromatic N) is 1. The van der Waals surface area contributed by atoms with Gasteiger partial charge in [0.1, 0.15) is 0 Å². The zero-order chi connectivity index (χ0) is 21.8. The van der Waals surface area contributed by atoms with Crippen molar-refractivity contribution in [2.24, 2.45) is 0 Å². The highest BCUT2D eigenvalue weighted by Gasteiger charge is 2.33. The first kappa shape index (κ1) is 23.0. The SMILES string of the molecule is COC(=O)COc1c(I)cc(/C=C2\SC(=S)N(c3cccc(Br)c3)C2=O)cc1OC. The van der Waals surface area contributed by atoms with E-state index >= 15 is 0 Å². The van der Waals surface area contributed by atoms with E-state index in [0.717, 1.165) is 13.6 Å². The molecule has 0 spiro atoms. The molecule has 10 heteroatoms. The largest absolute Gasteiger partial charge is 0.493 e. The Balaban J connectivity index is 1.89. The number of halogens is 2. The van der Waals surface area contributed by atoms with Crippen molar-refractivity contribution in [3.05, 3.63) is 54.9 Å². The quantitative estimate of drug-likeness (QED) is 0.195. The Morgan fingerprint density at radius 2 is 2.07 bits per heavy atom. The molecule has 0 N–H and O–H groups in total. The predicted molar refractivity (Wildman–Crippen MR) is 133 cm³/mol. The van der Waals surface area contributed by atoms with Gasteiger partial charge in [-0.05, 0) is 64.6 Å². The third-order valence-corrected chi connectivity index (χ3v) is 6.57. The summed E-state index contributed by atoms with van der Waals surface area (Å²) in [7, 11) is 2.80. The van der Waals surface area contributed by atoms with Crippen LogP contribution in [0.5, 0.6) is 11.5 Å². The topological polar surface area (TPSA) is 65.1 Å². The molecule has 30 heavy (non-hydrogen) atoms. The number of methoxy groups -OCH3 is 2. The zero-order valence-electron chi connectivity index (χ0n) is 15.8. The number of amides is 1. The van der Waals surface area contributed by atoms with Gasteiger partial charge < -0.3 is 14.2 Å². The Bertz CT molecular complexity index is 1060. The number of benzene rings is 2. The molecule has 3 rings (SSSR count). The molecule has 6 nitrogen and oxygen atoms in total. The normalized spacial score (nSPS) is 14.9. The fourth-order valence-corrected chi connectivity index (χ4v) is 5.08. The molecular formula is C20H15BrINO5S2. The second-order valence-electron chi connectivity index (χ2n) is 5.90. The predicted octanol–water partition coefficient (Wildman–Crippen LogP) is 5.02. The Morgan fingerprint density at radius 1 is 1.30 bits per heavy atom. The summed E-state index contributed by atoms with van der Waals surface area (Å²) in [6.07, 6.45) is 1.76. The van der Waals surface area contributed by atoms with Gasteiger partial charge in [0.25, 0.3) is 5.91 Å². The van der Waals surface area contributed by atoms with Gasteiger partial charge in [0.05, 0.1) is 28.4 Å². The van der Waals surface area contributed by atoms with E-state index in [2.05, 4.69) is 43.3 Å². The van der Waals surface area contributed by atoms with E-state index in [1.165, 1.54) is 30.9 Å².